The van der Waals surface area contributed by atoms with Crippen molar-refractivity contribution < 1.29 is 14.9 Å². The molecule has 0 amide bonds. The molecule has 0 aromatic heterocycles. The van der Waals surface area contributed by atoms with E-state index in [0.717, 1.165) is 5.56 Å². The smallest absolute Gasteiger partial charge is 0.174 e. The monoisotopic (exact) mass is 264 g/mol. The number of aliphatic hydroxyl groups is 2. The lowest BCUT2D eigenvalue weighted by atomic mass is 9.98. The van der Waals surface area contributed by atoms with Gasteiger partial charge in [-0.3, -0.25) is 0 Å². The van der Waals surface area contributed by atoms with Crippen molar-refractivity contribution in [2.75, 3.05) is 19.8 Å². The highest BCUT2D eigenvalue weighted by Gasteiger charge is 2.25. The zero-order valence-corrected chi connectivity index (χ0v) is 11.1. The van der Waals surface area contributed by atoms with Crippen LogP contribution in [0, 0.1) is 11.3 Å². The minimum atomic E-state index is -0.692. The Bertz CT molecular complexity index is 417. The molecule has 1 aromatic carbocycles. The fourth-order valence-electron chi connectivity index (χ4n) is 1.69. The number of para-hydroxylation sites is 1. The number of ether oxygens (including phenoxy) is 1. The van der Waals surface area contributed by atoms with Crippen molar-refractivity contribution in [1.29, 1.82) is 5.26 Å². The maximum absolute atomic E-state index is 9.37. The molecule has 0 aliphatic heterocycles. The van der Waals surface area contributed by atoms with Crippen LogP contribution in [0.2, 0.25) is 0 Å². The molecule has 3 N–H and O–H groups in total. The normalized spacial score (nSPS) is 11.1. The predicted octanol–water partition coefficient (Wildman–Crippen LogP) is 0.812. The van der Waals surface area contributed by atoms with Crippen molar-refractivity contribution in [2.24, 2.45) is 0 Å². The van der Waals surface area contributed by atoms with Crippen LogP contribution >= 0.6 is 0 Å². The van der Waals surface area contributed by atoms with Crippen LogP contribution in [0.5, 0.6) is 5.75 Å². The average molecular weight is 264 g/mol. The van der Waals surface area contributed by atoms with Gasteiger partial charge in [-0.25, -0.2) is 0 Å². The van der Waals surface area contributed by atoms with Gasteiger partial charge in [0, 0.05) is 12.1 Å². The van der Waals surface area contributed by atoms with Crippen molar-refractivity contribution in [2.45, 2.75) is 25.4 Å². The number of hydrogen-bond acceptors (Lipinski definition) is 5. The summed E-state index contributed by atoms with van der Waals surface area (Å²) in [5, 5.41) is 30.4. The standard InChI is InChI=1S/C14H20N2O3/c1-2-14(10-17,11-18)16-9-12-5-3-4-6-13(12)19-8-7-15/h3-6,16-18H,2,8-11H2,1H3. The Hall–Kier alpha value is -1.61. The van der Waals surface area contributed by atoms with Gasteiger partial charge in [-0.2, -0.15) is 5.26 Å². The van der Waals surface area contributed by atoms with Crippen molar-refractivity contribution in [3.05, 3.63) is 29.8 Å². The minimum Gasteiger partial charge on any atom is -0.478 e. The highest BCUT2D eigenvalue weighted by molar-refractivity contribution is 5.33. The molecule has 0 bridgehead atoms. The molecule has 0 unspecified atom stereocenters. The van der Waals surface area contributed by atoms with Crippen LogP contribution in [0.1, 0.15) is 18.9 Å². The van der Waals surface area contributed by atoms with Crippen molar-refractivity contribution >= 4 is 0 Å². The maximum Gasteiger partial charge on any atom is 0.174 e. The Morgan fingerprint density at radius 2 is 2.00 bits per heavy atom. The third kappa shape index (κ3) is 4.21. The number of nitrogens with zero attached hydrogens (tertiary/aromatic N) is 1. The summed E-state index contributed by atoms with van der Waals surface area (Å²) in [5.41, 5.74) is 0.194. The largest absolute Gasteiger partial charge is 0.478 e. The number of rotatable bonds is 8. The van der Waals surface area contributed by atoms with Crippen molar-refractivity contribution in [3.63, 3.8) is 0 Å². The van der Waals surface area contributed by atoms with E-state index in [-0.39, 0.29) is 19.8 Å². The first-order chi connectivity index (χ1) is 9.21. The molecule has 104 valence electrons. The number of nitriles is 1. The van der Waals surface area contributed by atoms with Crippen LogP contribution in [0.4, 0.5) is 0 Å². The summed E-state index contributed by atoms with van der Waals surface area (Å²) in [6, 6.07) is 9.31. The van der Waals surface area contributed by atoms with Gasteiger partial charge in [-0.15, -0.1) is 0 Å². The molecule has 0 fully saturated rings. The SMILES string of the molecule is CCC(CO)(CO)NCc1ccccc1OCC#N. The quantitative estimate of drug-likeness (QED) is 0.647. The summed E-state index contributed by atoms with van der Waals surface area (Å²) in [7, 11) is 0. The van der Waals surface area contributed by atoms with E-state index in [4.69, 9.17) is 10.00 Å². The third-order valence-electron chi connectivity index (χ3n) is 3.20. The predicted molar refractivity (Wildman–Crippen MR) is 71.6 cm³/mol. The Labute approximate surface area is 113 Å². The van der Waals surface area contributed by atoms with Gasteiger partial charge in [-0.05, 0) is 12.5 Å². The number of nitrogens with one attached hydrogen (secondary N) is 1. The zero-order valence-electron chi connectivity index (χ0n) is 11.1. The van der Waals surface area contributed by atoms with Gasteiger partial charge in [0.05, 0.1) is 18.8 Å². The van der Waals surface area contributed by atoms with Crippen LogP contribution < -0.4 is 10.1 Å². The molecule has 0 spiro atoms. The number of aliphatic hydroxyl groups excluding tert-OH is 2. The van der Waals surface area contributed by atoms with Crippen LogP contribution in [0.3, 0.4) is 0 Å². The second-order valence-corrected chi connectivity index (χ2v) is 4.36. The molecule has 1 aromatic rings. The fourth-order valence-corrected chi connectivity index (χ4v) is 1.69. The van der Waals surface area contributed by atoms with Crippen LogP contribution in [0.25, 0.3) is 0 Å². The molecule has 1 rings (SSSR count). The van der Waals surface area contributed by atoms with Crippen molar-refractivity contribution in [1.82, 2.24) is 5.32 Å². The van der Waals surface area contributed by atoms with Gasteiger partial charge < -0.3 is 20.3 Å². The lowest BCUT2D eigenvalue weighted by Gasteiger charge is -2.30. The van der Waals surface area contributed by atoms with Gasteiger partial charge in [0.1, 0.15) is 11.8 Å². The minimum absolute atomic E-state index is 0.00403. The van der Waals surface area contributed by atoms with Gasteiger partial charge >= 0.3 is 0 Å². The first-order valence-electron chi connectivity index (χ1n) is 6.25. The molecule has 5 nitrogen and oxygen atoms in total. The molecule has 0 heterocycles. The van der Waals surface area contributed by atoms with Gasteiger partial charge in [0.25, 0.3) is 0 Å². The Morgan fingerprint density at radius 1 is 1.32 bits per heavy atom. The highest BCUT2D eigenvalue weighted by atomic mass is 16.5. The fraction of sp³-hybridized carbons (Fsp3) is 0.500. The average Bonchev–Trinajstić information content (AvgIpc) is 2.48. The topological polar surface area (TPSA) is 85.5 Å². The van der Waals surface area contributed by atoms with E-state index in [0.29, 0.717) is 18.7 Å². The molecule has 5 heteroatoms. The molecule has 0 radical (unpaired) electrons. The second kappa shape index (κ2) is 7.74. The van der Waals surface area contributed by atoms with Crippen LogP contribution in [-0.2, 0) is 6.54 Å². The summed E-state index contributed by atoms with van der Waals surface area (Å²) < 4.78 is 5.33. The Morgan fingerprint density at radius 3 is 2.58 bits per heavy atom. The molecule has 0 aliphatic carbocycles. The molecule has 0 saturated carbocycles. The van der Waals surface area contributed by atoms with Gasteiger partial charge in [0.15, 0.2) is 6.61 Å². The summed E-state index contributed by atoms with van der Waals surface area (Å²) in [6.45, 7) is 2.08. The van der Waals surface area contributed by atoms with E-state index in [1.165, 1.54) is 0 Å². The number of benzene rings is 1. The maximum atomic E-state index is 9.37. The van der Waals surface area contributed by atoms with Gasteiger partial charge in [0.2, 0.25) is 0 Å². The first kappa shape index (κ1) is 15.4. The second-order valence-electron chi connectivity index (χ2n) is 4.36. The molecule has 0 aliphatic rings. The van der Waals surface area contributed by atoms with Crippen molar-refractivity contribution in [3.8, 4) is 11.8 Å². The Balaban J connectivity index is 2.74. The summed E-state index contributed by atoms with van der Waals surface area (Å²) in [5.74, 6) is 0.637. The van der Waals surface area contributed by atoms with E-state index in [1.54, 1.807) is 6.07 Å². The summed E-state index contributed by atoms with van der Waals surface area (Å²) in [6.07, 6.45) is 0.612. The Kier molecular flexibility index (Phi) is 6.30. The van der Waals surface area contributed by atoms with E-state index in [1.807, 2.05) is 31.2 Å². The molecular formula is C14H20N2O3. The van der Waals surface area contributed by atoms with E-state index >= 15 is 0 Å². The van der Waals surface area contributed by atoms with Crippen LogP contribution in [0.15, 0.2) is 24.3 Å². The van der Waals surface area contributed by atoms with E-state index in [2.05, 4.69) is 5.32 Å². The van der Waals surface area contributed by atoms with E-state index in [9.17, 15) is 10.2 Å². The first-order valence-corrected chi connectivity index (χ1v) is 6.25. The summed E-state index contributed by atoms with van der Waals surface area (Å²) in [4.78, 5) is 0. The third-order valence-corrected chi connectivity index (χ3v) is 3.20. The highest BCUT2D eigenvalue weighted by Crippen LogP contribution is 2.19. The molecule has 0 saturated heterocycles. The van der Waals surface area contributed by atoms with Crippen LogP contribution in [-0.4, -0.2) is 35.6 Å². The lowest BCUT2D eigenvalue weighted by Crippen LogP contribution is -2.50. The van der Waals surface area contributed by atoms with E-state index < -0.39 is 5.54 Å². The lowest BCUT2D eigenvalue weighted by molar-refractivity contribution is 0.0862. The zero-order chi connectivity index (χ0) is 14.1. The van der Waals surface area contributed by atoms with Gasteiger partial charge in [-0.1, -0.05) is 25.1 Å². The summed E-state index contributed by atoms with van der Waals surface area (Å²) >= 11 is 0. The molecule has 0 atom stereocenters. The molecule has 19 heavy (non-hydrogen) atoms. The molecular weight excluding hydrogens is 244 g/mol. The number of hydrogen-bond donors (Lipinski definition) is 3.